The normalized spacial score (nSPS) is 17.1. The summed E-state index contributed by atoms with van der Waals surface area (Å²) in [5.74, 6) is 0.131. The lowest BCUT2D eigenvalue weighted by molar-refractivity contribution is -0.148. The van der Waals surface area contributed by atoms with Gasteiger partial charge in [-0.15, -0.1) is 24.8 Å². The first-order chi connectivity index (χ1) is 9.78. The van der Waals surface area contributed by atoms with E-state index < -0.39 is 18.6 Å². The average Bonchev–Trinajstić information content (AvgIpc) is 2.41. The number of hydrogen-bond donors (Lipinski definition) is 2. The minimum atomic E-state index is -4.22. The molecule has 0 amide bonds. The first-order valence-corrected chi connectivity index (χ1v) is 8.63. The Morgan fingerprint density at radius 3 is 2.04 bits per heavy atom. The van der Waals surface area contributed by atoms with Crippen molar-refractivity contribution in [1.29, 1.82) is 0 Å². The van der Waals surface area contributed by atoms with Crippen molar-refractivity contribution < 1.29 is 18.3 Å². The minimum Gasteiger partial charge on any atom is -0.506 e. The van der Waals surface area contributed by atoms with E-state index in [1.807, 2.05) is 50.1 Å². The highest BCUT2D eigenvalue weighted by Crippen LogP contribution is 2.37. The number of hydrogen-bond acceptors (Lipinski definition) is 3. The molecule has 1 saturated heterocycles. The van der Waals surface area contributed by atoms with Gasteiger partial charge in [-0.05, 0) is 62.9 Å². The van der Waals surface area contributed by atoms with Crippen LogP contribution in [-0.2, 0) is 0 Å². The van der Waals surface area contributed by atoms with Crippen LogP contribution in [0, 0.1) is 7.14 Å². The van der Waals surface area contributed by atoms with Crippen molar-refractivity contribution in [3.63, 3.8) is 0 Å². The maximum Gasteiger partial charge on any atom is 0.390 e. The number of rotatable bonds is 3. The first-order valence-electron chi connectivity index (χ1n) is 6.47. The van der Waals surface area contributed by atoms with Crippen LogP contribution in [0.3, 0.4) is 0 Å². The number of alkyl halides is 3. The molecule has 10 heteroatoms. The van der Waals surface area contributed by atoms with E-state index in [1.54, 1.807) is 12.1 Å². The zero-order valence-electron chi connectivity index (χ0n) is 11.9. The lowest BCUT2D eigenvalue weighted by Crippen LogP contribution is -2.46. The second-order valence-corrected chi connectivity index (χ2v) is 7.28. The van der Waals surface area contributed by atoms with Crippen LogP contribution in [0.25, 0.3) is 0 Å². The molecule has 0 aliphatic carbocycles. The van der Waals surface area contributed by atoms with Gasteiger partial charge in [0.05, 0.1) is 13.6 Å². The maximum absolute atomic E-state index is 12.9. The fourth-order valence-corrected chi connectivity index (χ4v) is 4.26. The molecule has 1 aromatic rings. The lowest BCUT2D eigenvalue weighted by Gasteiger charge is -2.36. The highest BCUT2D eigenvalue weighted by atomic mass is 127. The molecule has 0 bridgehead atoms. The third-order valence-electron chi connectivity index (χ3n) is 3.44. The maximum atomic E-state index is 12.9. The highest BCUT2D eigenvalue weighted by molar-refractivity contribution is 14.1. The SMILES string of the molecule is Cl.Cl.Oc1c(I)cc([C@@H](CC(F)(F)F)N2CCNCC2)cc1I. The standard InChI is InChI=1S/C13H15F3I2N2O.2ClH/c14-13(15,16)7-11(20-3-1-19-2-4-20)8-5-9(17)12(21)10(18)6-8;;/h5-6,11,19,21H,1-4,7H2;2*1H/t11-;;/m1../s1. The van der Waals surface area contributed by atoms with E-state index in [0.717, 1.165) is 0 Å². The van der Waals surface area contributed by atoms with Gasteiger partial charge in [0, 0.05) is 32.2 Å². The summed E-state index contributed by atoms with van der Waals surface area (Å²) in [7, 11) is 0. The summed E-state index contributed by atoms with van der Waals surface area (Å²) in [4.78, 5) is 1.86. The minimum absolute atomic E-state index is 0. The molecule has 1 aliphatic heterocycles. The second kappa shape index (κ2) is 10.0. The molecule has 0 saturated carbocycles. The Hall–Kier alpha value is 0.770. The molecule has 1 aliphatic rings. The molecule has 23 heavy (non-hydrogen) atoms. The monoisotopic (exact) mass is 598 g/mol. The molecule has 0 radical (unpaired) electrons. The van der Waals surface area contributed by atoms with Gasteiger partial charge in [-0.3, -0.25) is 4.90 Å². The van der Waals surface area contributed by atoms with Crippen LogP contribution < -0.4 is 5.32 Å². The second-order valence-electron chi connectivity index (χ2n) is 4.95. The number of piperazine rings is 1. The molecule has 134 valence electrons. The number of nitrogens with one attached hydrogen (secondary N) is 1. The topological polar surface area (TPSA) is 35.5 Å². The molecule has 0 unspecified atom stereocenters. The number of nitrogens with zero attached hydrogens (tertiary/aromatic N) is 1. The predicted octanol–water partition coefficient (Wildman–Crippen LogP) is 4.34. The predicted molar refractivity (Wildman–Crippen MR) is 106 cm³/mol. The third-order valence-corrected chi connectivity index (χ3v) is 5.09. The number of benzene rings is 1. The smallest absolute Gasteiger partial charge is 0.390 e. The largest absolute Gasteiger partial charge is 0.506 e. The van der Waals surface area contributed by atoms with Crippen LogP contribution in [0.4, 0.5) is 13.2 Å². The summed E-state index contributed by atoms with van der Waals surface area (Å²) < 4.78 is 40.0. The summed E-state index contributed by atoms with van der Waals surface area (Å²) in [6.07, 6.45) is -5.09. The van der Waals surface area contributed by atoms with E-state index >= 15 is 0 Å². The fraction of sp³-hybridized carbons (Fsp3) is 0.538. The van der Waals surface area contributed by atoms with Crippen LogP contribution in [0.15, 0.2) is 12.1 Å². The Morgan fingerprint density at radius 2 is 1.61 bits per heavy atom. The Balaban J connectivity index is 0.00000242. The molecule has 3 nitrogen and oxygen atoms in total. The van der Waals surface area contributed by atoms with Gasteiger partial charge in [0.2, 0.25) is 0 Å². The highest BCUT2D eigenvalue weighted by Gasteiger charge is 2.36. The quantitative estimate of drug-likeness (QED) is 0.509. The van der Waals surface area contributed by atoms with Gasteiger partial charge in [0.25, 0.3) is 0 Å². The number of halogens is 7. The first kappa shape index (κ1) is 23.8. The summed E-state index contributed by atoms with van der Waals surface area (Å²) in [6, 6.07) is 2.60. The van der Waals surface area contributed by atoms with E-state index in [0.29, 0.717) is 38.9 Å². The van der Waals surface area contributed by atoms with E-state index in [2.05, 4.69) is 5.32 Å². The Bertz CT molecular complexity index is 491. The van der Waals surface area contributed by atoms with Gasteiger partial charge in [-0.25, -0.2) is 0 Å². The number of aromatic hydroxyl groups is 1. The van der Waals surface area contributed by atoms with Crippen molar-refractivity contribution in [2.45, 2.75) is 18.6 Å². The van der Waals surface area contributed by atoms with Crippen LogP contribution in [-0.4, -0.2) is 42.4 Å². The summed E-state index contributed by atoms with van der Waals surface area (Å²) >= 11 is 3.90. The van der Waals surface area contributed by atoms with Crippen molar-refractivity contribution in [2.24, 2.45) is 0 Å². The van der Waals surface area contributed by atoms with Gasteiger partial charge in [0.15, 0.2) is 0 Å². The van der Waals surface area contributed by atoms with Crippen molar-refractivity contribution in [2.75, 3.05) is 26.2 Å². The lowest BCUT2D eigenvalue weighted by atomic mass is 10.0. The zero-order chi connectivity index (χ0) is 15.6. The average molecular weight is 599 g/mol. The molecule has 1 aromatic carbocycles. The van der Waals surface area contributed by atoms with Gasteiger partial charge in [0.1, 0.15) is 5.75 Å². The van der Waals surface area contributed by atoms with Crippen molar-refractivity contribution in [3.05, 3.63) is 24.8 Å². The van der Waals surface area contributed by atoms with Crippen LogP contribution >= 0.6 is 70.0 Å². The van der Waals surface area contributed by atoms with Crippen molar-refractivity contribution in [1.82, 2.24) is 10.2 Å². The molecule has 1 fully saturated rings. The summed E-state index contributed by atoms with van der Waals surface area (Å²) in [6.45, 7) is 2.57. The van der Waals surface area contributed by atoms with Gasteiger partial charge in [-0.2, -0.15) is 13.2 Å². The van der Waals surface area contributed by atoms with E-state index in [9.17, 15) is 18.3 Å². The summed E-state index contributed by atoms with van der Waals surface area (Å²) in [5.41, 5.74) is 0.612. The fourth-order valence-electron chi connectivity index (χ4n) is 2.45. The van der Waals surface area contributed by atoms with Crippen molar-refractivity contribution >= 4 is 70.0 Å². The van der Waals surface area contributed by atoms with Crippen LogP contribution in [0.1, 0.15) is 18.0 Å². The molecular formula is C13H17Cl2F3I2N2O. The zero-order valence-corrected chi connectivity index (χ0v) is 17.8. The molecule has 2 rings (SSSR count). The Labute approximate surface area is 172 Å². The molecule has 0 aromatic heterocycles. The van der Waals surface area contributed by atoms with Gasteiger partial charge < -0.3 is 10.4 Å². The van der Waals surface area contributed by atoms with E-state index in [4.69, 9.17) is 0 Å². The molecule has 0 spiro atoms. The Kier molecular flexibility index (Phi) is 10.4. The number of phenols is 1. The molecule has 2 N–H and O–H groups in total. The van der Waals surface area contributed by atoms with Gasteiger partial charge in [-0.1, -0.05) is 0 Å². The molecule has 1 atom stereocenters. The van der Waals surface area contributed by atoms with Crippen LogP contribution in [0.2, 0.25) is 0 Å². The third kappa shape index (κ3) is 6.89. The summed E-state index contributed by atoms with van der Waals surface area (Å²) in [5, 5.41) is 12.9. The van der Waals surface area contributed by atoms with Crippen LogP contribution in [0.5, 0.6) is 5.75 Å². The van der Waals surface area contributed by atoms with E-state index in [1.165, 1.54) is 0 Å². The number of phenolic OH excluding ortho intramolecular Hbond substituents is 1. The van der Waals surface area contributed by atoms with Gasteiger partial charge >= 0.3 is 6.18 Å². The molecule has 1 heterocycles. The molecular weight excluding hydrogens is 582 g/mol. The Morgan fingerprint density at radius 1 is 1.13 bits per heavy atom. The van der Waals surface area contributed by atoms with Crippen molar-refractivity contribution in [3.8, 4) is 5.75 Å². The van der Waals surface area contributed by atoms with E-state index in [-0.39, 0.29) is 30.6 Å².